The van der Waals surface area contributed by atoms with Crippen LogP contribution in [-0.2, 0) is 0 Å². The lowest BCUT2D eigenvalue weighted by Crippen LogP contribution is -2.34. The lowest BCUT2D eigenvalue weighted by Gasteiger charge is -2.19. The van der Waals surface area contributed by atoms with Crippen molar-refractivity contribution in [2.75, 3.05) is 18.5 Å². The Balaban J connectivity index is 1.82. The number of aliphatic hydroxyl groups excluding tert-OH is 1. The van der Waals surface area contributed by atoms with E-state index in [1.165, 1.54) is 21.1 Å². The summed E-state index contributed by atoms with van der Waals surface area (Å²) in [6.45, 7) is 4.44. The number of ether oxygens (including phenoxy) is 1. The van der Waals surface area contributed by atoms with Gasteiger partial charge in [-0.25, -0.2) is 9.69 Å². The van der Waals surface area contributed by atoms with Crippen LogP contribution in [0, 0.1) is 5.92 Å². The first kappa shape index (κ1) is 18.9. The molecule has 2 amide bonds. The minimum absolute atomic E-state index is 0.241. The molecule has 1 saturated heterocycles. The SMILES string of the molecule is CC(C)CC(Oc1ccc(Cl)cc1)c1nnc(N2C(=O)N(C)CC2O)s1. The largest absolute Gasteiger partial charge is 0.483 e. The highest BCUT2D eigenvalue weighted by Crippen LogP contribution is 2.34. The first-order valence-corrected chi connectivity index (χ1v) is 9.52. The van der Waals surface area contributed by atoms with Crippen LogP contribution in [0.5, 0.6) is 5.75 Å². The highest BCUT2D eigenvalue weighted by molar-refractivity contribution is 7.15. The van der Waals surface area contributed by atoms with Crippen molar-refractivity contribution >= 4 is 34.1 Å². The Hall–Kier alpha value is -1.90. The Labute approximate surface area is 161 Å². The Morgan fingerprint density at radius 2 is 2.04 bits per heavy atom. The van der Waals surface area contributed by atoms with Gasteiger partial charge in [-0.05, 0) is 36.6 Å². The van der Waals surface area contributed by atoms with E-state index in [-0.39, 0.29) is 18.7 Å². The van der Waals surface area contributed by atoms with Gasteiger partial charge in [-0.2, -0.15) is 0 Å². The van der Waals surface area contributed by atoms with Crippen LogP contribution in [0.4, 0.5) is 9.93 Å². The van der Waals surface area contributed by atoms with Gasteiger partial charge < -0.3 is 14.7 Å². The Kier molecular flexibility index (Phi) is 5.64. The van der Waals surface area contributed by atoms with E-state index in [4.69, 9.17) is 16.3 Å². The molecule has 2 heterocycles. The Morgan fingerprint density at radius 3 is 2.62 bits per heavy atom. The minimum atomic E-state index is -0.922. The molecule has 1 N–H and O–H groups in total. The number of nitrogens with zero attached hydrogens (tertiary/aromatic N) is 4. The van der Waals surface area contributed by atoms with Crippen LogP contribution >= 0.6 is 22.9 Å². The molecule has 7 nitrogen and oxygen atoms in total. The molecule has 0 aliphatic carbocycles. The molecule has 1 fully saturated rings. The van der Waals surface area contributed by atoms with Gasteiger partial charge in [0.2, 0.25) is 5.13 Å². The maximum Gasteiger partial charge on any atom is 0.328 e. The van der Waals surface area contributed by atoms with E-state index < -0.39 is 6.23 Å². The summed E-state index contributed by atoms with van der Waals surface area (Å²) in [4.78, 5) is 14.9. The molecule has 2 atom stereocenters. The number of amides is 2. The van der Waals surface area contributed by atoms with E-state index in [9.17, 15) is 9.90 Å². The topological polar surface area (TPSA) is 78.8 Å². The molecule has 3 rings (SSSR count). The van der Waals surface area contributed by atoms with Crippen molar-refractivity contribution < 1.29 is 14.6 Å². The molecule has 9 heteroatoms. The number of urea groups is 1. The van der Waals surface area contributed by atoms with Crippen molar-refractivity contribution in [3.63, 3.8) is 0 Å². The standard InChI is InChI=1S/C17H21ClN4O3S/c1-10(2)8-13(25-12-6-4-11(18)5-7-12)15-19-20-16(26-15)22-14(23)9-21(3)17(22)24/h4-7,10,13-14,23H,8-9H2,1-3H3. The fraction of sp³-hybridized carbons (Fsp3) is 0.471. The summed E-state index contributed by atoms with van der Waals surface area (Å²) in [5.74, 6) is 1.07. The lowest BCUT2D eigenvalue weighted by molar-refractivity contribution is 0.176. The number of halogens is 1. The predicted octanol–water partition coefficient (Wildman–Crippen LogP) is 3.55. The van der Waals surface area contributed by atoms with Gasteiger partial charge in [-0.15, -0.1) is 10.2 Å². The molecule has 0 spiro atoms. The normalized spacial score (nSPS) is 18.7. The molecular weight excluding hydrogens is 376 g/mol. The van der Waals surface area contributed by atoms with Gasteiger partial charge in [0.25, 0.3) is 0 Å². The number of hydrogen-bond acceptors (Lipinski definition) is 6. The minimum Gasteiger partial charge on any atom is -0.483 e. The third-order valence-corrected chi connectivity index (χ3v) is 5.22. The molecular formula is C17H21ClN4O3S. The zero-order chi connectivity index (χ0) is 18.8. The molecule has 1 aromatic heterocycles. The maximum absolute atomic E-state index is 12.2. The van der Waals surface area contributed by atoms with Crippen molar-refractivity contribution in [3.8, 4) is 5.75 Å². The molecule has 1 aliphatic rings. The second-order valence-corrected chi connectivity index (χ2v) is 8.05. The van der Waals surface area contributed by atoms with Crippen LogP contribution < -0.4 is 9.64 Å². The van der Waals surface area contributed by atoms with E-state index in [2.05, 4.69) is 24.0 Å². The van der Waals surface area contributed by atoms with Gasteiger partial charge in [-0.1, -0.05) is 36.8 Å². The van der Waals surface area contributed by atoms with Crippen LogP contribution in [0.15, 0.2) is 24.3 Å². The number of aliphatic hydroxyl groups is 1. The number of carbonyl (C=O) groups is 1. The third-order valence-electron chi connectivity index (χ3n) is 3.96. The molecule has 140 valence electrons. The van der Waals surface area contributed by atoms with Gasteiger partial charge in [0.15, 0.2) is 17.3 Å². The molecule has 1 aromatic carbocycles. The molecule has 0 bridgehead atoms. The number of rotatable bonds is 6. The number of carbonyl (C=O) groups excluding carboxylic acids is 1. The molecule has 0 radical (unpaired) electrons. The lowest BCUT2D eigenvalue weighted by atomic mass is 10.1. The Bertz CT molecular complexity index is 768. The second-order valence-electron chi connectivity index (χ2n) is 6.63. The first-order valence-electron chi connectivity index (χ1n) is 8.33. The number of aromatic nitrogens is 2. The zero-order valence-corrected chi connectivity index (χ0v) is 16.4. The van der Waals surface area contributed by atoms with E-state index >= 15 is 0 Å². The quantitative estimate of drug-likeness (QED) is 0.807. The maximum atomic E-state index is 12.2. The highest BCUT2D eigenvalue weighted by Gasteiger charge is 2.37. The van der Waals surface area contributed by atoms with Crippen LogP contribution in [0.25, 0.3) is 0 Å². The van der Waals surface area contributed by atoms with Crippen molar-refractivity contribution in [3.05, 3.63) is 34.3 Å². The monoisotopic (exact) mass is 396 g/mol. The molecule has 26 heavy (non-hydrogen) atoms. The van der Waals surface area contributed by atoms with Gasteiger partial charge in [0, 0.05) is 12.1 Å². The number of anilines is 1. The van der Waals surface area contributed by atoms with Crippen LogP contribution in [-0.4, -0.2) is 46.1 Å². The van der Waals surface area contributed by atoms with E-state index in [0.717, 1.165) is 6.42 Å². The molecule has 1 aliphatic heterocycles. The van der Waals surface area contributed by atoms with Crippen molar-refractivity contribution in [2.45, 2.75) is 32.6 Å². The van der Waals surface area contributed by atoms with Crippen LogP contribution in [0.1, 0.15) is 31.4 Å². The number of benzene rings is 1. The fourth-order valence-corrected chi connectivity index (χ4v) is 3.73. The molecule has 2 unspecified atom stereocenters. The van der Waals surface area contributed by atoms with Crippen molar-refractivity contribution in [1.82, 2.24) is 15.1 Å². The molecule has 2 aromatic rings. The zero-order valence-electron chi connectivity index (χ0n) is 14.8. The summed E-state index contributed by atoms with van der Waals surface area (Å²) in [5.41, 5.74) is 0. The number of hydrogen-bond donors (Lipinski definition) is 1. The van der Waals surface area contributed by atoms with Gasteiger partial charge >= 0.3 is 6.03 Å². The predicted molar refractivity (Wildman–Crippen MR) is 101 cm³/mol. The highest BCUT2D eigenvalue weighted by atomic mass is 35.5. The second kappa shape index (κ2) is 7.77. The van der Waals surface area contributed by atoms with Crippen LogP contribution in [0.2, 0.25) is 5.02 Å². The average molecular weight is 397 g/mol. The van der Waals surface area contributed by atoms with Crippen molar-refractivity contribution in [2.24, 2.45) is 5.92 Å². The summed E-state index contributed by atoms with van der Waals surface area (Å²) in [6, 6.07) is 6.85. The average Bonchev–Trinajstić information content (AvgIpc) is 3.14. The number of β-amino-alcohol motifs (C(OH)–C–C–N with tert-alkyl or cyclic N) is 1. The summed E-state index contributed by atoms with van der Waals surface area (Å²) in [7, 11) is 1.64. The summed E-state index contributed by atoms with van der Waals surface area (Å²) >= 11 is 7.18. The van der Waals surface area contributed by atoms with Gasteiger partial charge in [0.05, 0.1) is 6.54 Å². The summed E-state index contributed by atoms with van der Waals surface area (Å²) in [6.07, 6.45) is -0.475. The molecule has 0 saturated carbocycles. The van der Waals surface area contributed by atoms with Crippen molar-refractivity contribution in [1.29, 1.82) is 0 Å². The third kappa shape index (κ3) is 4.08. The van der Waals surface area contributed by atoms with E-state index in [1.807, 2.05) is 0 Å². The van der Waals surface area contributed by atoms with E-state index in [1.54, 1.807) is 31.3 Å². The summed E-state index contributed by atoms with van der Waals surface area (Å²) < 4.78 is 6.09. The number of likely N-dealkylation sites (N-methyl/N-ethyl adjacent to an activating group) is 1. The van der Waals surface area contributed by atoms with Gasteiger partial charge in [-0.3, -0.25) is 0 Å². The van der Waals surface area contributed by atoms with E-state index in [0.29, 0.717) is 26.8 Å². The fourth-order valence-electron chi connectivity index (χ4n) is 2.68. The summed E-state index contributed by atoms with van der Waals surface area (Å²) in [5, 5.41) is 20.1. The van der Waals surface area contributed by atoms with Crippen LogP contribution in [0.3, 0.4) is 0 Å². The smallest absolute Gasteiger partial charge is 0.328 e. The Morgan fingerprint density at radius 1 is 1.35 bits per heavy atom. The first-order chi connectivity index (χ1) is 12.3. The van der Waals surface area contributed by atoms with Gasteiger partial charge in [0.1, 0.15) is 5.75 Å².